The van der Waals surface area contributed by atoms with Crippen molar-refractivity contribution in [3.63, 3.8) is 0 Å². The number of hydrogen-bond acceptors (Lipinski definition) is 1. The van der Waals surface area contributed by atoms with E-state index in [-0.39, 0.29) is 5.91 Å². The monoisotopic (exact) mass is 243 g/mol. The van der Waals surface area contributed by atoms with Gasteiger partial charge in [0, 0.05) is 20.0 Å². The van der Waals surface area contributed by atoms with Crippen LogP contribution in [0.3, 0.4) is 0 Å². The van der Waals surface area contributed by atoms with Gasteiger partial charge in [0.25, 0.3) is 0 Å². The topological polar surface area (TPSA) is 20.3 Å². The molecule has 0 saturated carbocycles. The standard InChI is InChI=1S/C7H13NO.C6H14.C2H6/c1-6-3-4-8(5-6)7(2)9;1-3-5-6-4-2;1-2/h6H,3-5H2,1-2H3;3-6H2,1-2H3;1-2H3. The third-order valence-electron chi connectivity index (χ3n) is 2.83. The van der Waals surface area contributed by atoms with Crippen LogP contribution in [0.2, 0.25) is 0 Å². The van der Waals surface area contributed by atoms with Crippen molar-refractivity contribution < 1.29 is 4.79 Å². The Morgan fingerprint density at radius 1 is 1.18 bits per heavy atom. The molecule has 0 aromatic carbocycles. The van der Waals surface area contributed by atoms with Crippen LogP contribution in [0.15, 0.2) is 0 Å². The molecule has 0 radical (unpaired) electrons. The molecule has 1 aliphatic rings. The van der Waals surface area contributed by atoms with Gasteiger partial charge >= 0.3 is 0 Å². The maximum Gasteiger partial charge on any atom is 0.219 e. The van der Waals surface area contributed by atoms with Crippen LogP contribution in [0.5, 0.6) is 0 Å². The molecule has 0 spiro atoms. The van der Waals surface area contributed by atoms with Crippen molar-refractivity contribution in [3.8, 4) is 0 Å². The minimum atomic E-state index is 0.222. The van der Waals surface area contributed by atoms with Gasteiger partial charge in [0.15, 0.2) is 0 Å². The Labute approximate surface area is 109 Å². The van der Waals surface area contributed by atoms with Crippen LogP contribution >= 0.6 is 0 Å². The number of carbonyl (C=O) groups excluding carboxylic acids is 1. The molecule has 2 nitrogen and oxygen atoms in total. The second-order valence-corrected chi connectivity index (χ2v) is 4.57. The first kappa shape index (κ1) is 18.8. The minimum absolute atomic E-state index is 0.222. The maximum absolute atomic E-state index is 10.7. The molecule has 1 fully saturated rings. The number of carbonyl (C=O) groups is 1. The summed E-state index contributed by atoms with van der Waals surface area (Å²) in [6.45, 7) is 14.2. The molecule has 1 rings (SSSR count). The second-order valence-electron chi connectivity index (χ2n) is 4.57. The van der Waals surface area contributed by atoms with Crippen LogP contribution < -0.4 is 0 Å². The molecule has 0 aromatic rings. The fourth-order valence-corrected chi connectivity index (χ4v) is 1.72. The Balaban J connectivity index is 0. The molecular formula is C15H33NO. The quantitative estimate of drug-likeness (QED) is 0.669. The van der Waals surface area contributed by atoms with Crippen LogP contribution in [0.4, 0.5) is 0 Å². The molecule has 1 heterocycles. The van der Waals surface area contributed by atoms with Gasteiger partial charge in [-0.15, -0.1) is 0 Å². The molecule has 1 saturated heterocycles. The molecule has 0 bridgehead atoms. The van der Waals surface area contributed by atoms with Crippen molar-refractivity contribution in [2.45, 2.75) is 73.6 Å². The highest BCUT2D eigenvalue weighted by Crippen LogP contribution is 2.14. The molecular weight excluding hydrogens is 210 g/mol. The molecule has 0 N–H and O–H groups in total. The van der Waals surface area contributed by atoms with E-state index in [1.165, 1.54) is 32.1 Å². The summed E-state index contributed by atoms with van der Waals surface area (Å²) >= 11 is 0. The largest absolute Gasteiger partial charge is 0.343 e. The van der Waals surface area contributed by atoms with Crippen LogP contribution in [-0.4, -0.2) is 23.9 Å². The zero-order valence-electron chi connectivity index (χ0n) is 12.9. The fourth-order valence-electron chi connectivity index (χ4n) is 1.72. The molecule has 1 aliphatic heterocycles. The van der Waals surface area contributed by atoms with E-state index in [0.717, 1.165) is 13.1 Å². The lowest BCUT2D eigenvalue weighted by Gasteiger charge is -2.11. The first-order chi connectivity index (χ1) is 8.11. The fraction of sp³-hybridized carbons (Fsp3) is 0.933. The molecule has 1 unspecified atom stereocenters. The Morgan fingerprint density at radius 3 is 1.82 bits per heavy atom. The van der Waals surface area contributed by atoms with Crippen molar-refractivity contribution in [2.24, 2.45) is 5.92 Å². The third-order valence-corrected chi connectivity index (χ3v) is 2.83. The van der Waals surface area contributed by atoms with E-state index in [9.17, 15) is 4.79 Å². The Bertz CT molecular complexity index is 164. The predicted molar refractivity (Wildman–Crippen MR) is 77.2 cm³/mol. The maximum atomic E-state index is 10.7. The number of hydrogen-bond donors (Lipinski definition) is 0. The highest BCUT2D eigenvalue weighted by Gasteiger charge is 2.19. The smallest absolute Gasteiger partial charge is 0.219 e. The van der Waals surface area contributed by atoms with Gasteiger partial charge in [0.2, 0.25) is 5.91 Å². The number of likely N-dealkylation sites (tertiary alicyclic amines) is 1. The summed E-state index contributed by atoms with van der Waals surface area (Å²) in [7, 11) is 0. The highest BCUT2D eigenvalue weighted by atomic mass is 16.2. The lowest BCUT2D eigenvalue weighted by Crippen LogP contribution is -2.25. The third kappa shape index (κ3) is 11.7. The van der Waals surface area contributed by atoms with Gasteiger partial charge in [-0.05, 0) is 12.3 Å². The van der Waals surface area contributed by atoms with Gasteiger partial charge in [-0.25, -0.2) is 0 Å². The van der Waals surface area contributed by atoms with E-state index >= 15 is 0 Å². The van der Waals surface area contributed by atoms with Crippen molar-refractivity contribution in [1.29, 1.82) is 0 Å². The highest BCUT2D eigenvalue weighted by molar-refractivity contribution is 5.73. The van der Waals surface area contributed by atoms with Crippen LogP contribution in [0.1, 0.15) is 73.6 Å². The summed E-state index contributed by atoms with van der Waals surface area (Å²) in [5.74, 6) is 0.938. The lowest BCUT2D eigenvalue weighted by atomic mass is 10.2. The predicted octanol–water partition coefficient (Wildman–Crippen LogP) is 4.49. The summed E-state index contributed by atoms with van der Waals surface area (Å²) in [6.07, 6.45) is 6.72. The van der Waals surface area contributed by atoms with Crippen LogP contribution in [-0.2, 0) is 4.79 Å². The molecule has 0 aromatic heterocycles. The van der Waals surface area contributed by atoms with Crippen molar-refractivity contribution in [2.75, 3.05) is 13.1 Å². The first-order valence-corrected chi connectivity index (χ1v) is 7.37. The number of nitrogens with zero attached hydrogens (tertiary/aromatic N) is 1. The molecule has 1 atom stereocenters. The van der Waals surface area contributed by atoms with E-state index in [1.54, 1.807) is 6.92 Å². The number of amides is 1. The van der Waals surface area contributed by atoms with E-state index in [2.05, 4.69) is 20.8 Å². The Kier molecular flexibility index (Phi) is 15.0. The summed E-state index contributed by atoms with van der Waals surface area (Å²) in [5.41, 5.74) is 0. The Hall–Kier alpha value is -0.530. The summed E-state index contributed by atoms with van der Waals surface area (Å²) in [6, 6.07) is 0. The van der Waals surface area contributed by atoms with Gasteiger partial charge in [0.1, 0.15) is 0 Å². The number of rotatable bonds is 3. The van der Waals surface area contributed by atoms with Crippen molar-refractivity contribution >= 4 is 5.91 Å². The zero-order chi connectivity index (χ0) is 13.7. The second kappa shape index (κ2) is 13.5. The SMILES string of the molecule is CC.CC(=O)N1CCC(C)C1.CCCCCC. The molecule has 1 amide bonds. The van der Waals surface area contributed by atoms with Crippen molar-refractivity contribution in [3.05, 3.63) is 0 Å². The zero-order valence-corrected chi connectivity index (χ0v) is 12.9. The average molecular weight is 243 g/mol. The van der Waals surface area contributed by atoms with E-state index < -0.39 is 0 Å². The summed E-state index contributed by atoms with van der Waals surface area (Å²) in [4.78, 5) is 12.6. The molecule has 2 heteroatoms. The normalized spacial score (nSPS) is 17.8. The van der Waals surface area contributed by atoms with Gasteiger partial charge in [-0.1, -0.05) is 60.3 Å². The Morgan fingerprint density at radius 2 is 1.65 bits per heavy atom. The van der Waals surface area contributed by atoms with Crippen LogP contribution in [0, 0.1) is 5.92 Å². The van der Waals surface area contributed by atoms with Gasteiger partial charge in [0.05, 0.1) is 0 Å². The minimum Gasteiger partial charge on any atom is -0.343 e. The first-order valence-electron chi connectivity index (χ1n) is 7.37. The molecule has 104 valence electrons. The van der Waals surface area contributed by atoms with E-state index in [4.69, 9.17) is 0 Å². The van der Waals surface area contributed by atoms with Crippen LogP contribution in [0.25, 0.3) is 0 Å². The van der Waals surface area contributed by atoms with Gasteiger partial charge < -0.3 is 4.90 Å². The molecule has 0 aliphatic carbocycles. The van der Waals surface area contributed by atoms with Gasteiger partial charge in [-0.3, -0.25) is 4.79 Å². The summed E-state index contributed by atoms with van der Waals surface area (Å²) < 4.78 is 0. The van der Waals surface area contributed by atoms with Crippen molar-refractivity contribution in [1.82, 2.24) is 4.90 Å². The van der Waals surface area contributed by atoms with Gasteiger partial charge in [-0.2, -0.15) is 0 Å². The lowest BCUT2D eigenvalue weighted by molar-refractivity contribution is -0.127. The number of unbranched alkanes of at least 4 members (excludes halogenated alkanes) is 3. The van der Waals surface area contributed by atoms with E-state index in [1.807, 2.05) is 18.7 Å². The van der Waals surface area contributed by atoms with E-state index in [0.29, 0.717) is 5.92 Å². The average Bonchev–Trinajstić information content (AvgIpc) is 2.77. The molecule has 17 heavy (non-hydrogen) atoms. The summed E-state index contributed by atoms with van der Waals surface area (Å²) in [5, 5.41) is 0.